The Labute approximate surface area is 212 Å². The summed E-state index contributed by atoms with van der Waals surface area (Å²) in [5.41, 5.74) is 7.81. The highest BCUT2D eigenvalue weighted by Gasteiger charge is 2.40. The van der Waals surface area contributed by atoms with Crippen LogP contribution in [0, 0.1) is 13.8 Å². The second kappa shape index (κ2) is 11.1. The van der Waals surface area contributed by atoms with E-state index in [-0.39, 0.29) is 12.2 Å². The molecule has 1 spiro atoms. The van der Waals surface area contributed by atoms with Gasteiger partial charge in [0.15, 0.2) is 11.7 Å². The first-order chi connectivity index (χ1) is 16.9. The molecular formula is C27H33N3O4S. The van der Waals surface area contributed by atoms with Gasteiger partial charge in [0.2, 0.25) is 0 Å². The number of fused-ring (bicyclic) bond motifs is 1. The molecule has 1 heterocycles. The van der Waals surface area contributed by atoms with Crippen molar-refractivity contribution in [1.82, 2.24) is 5.43 Å². The normalized spacial score (nSPS) is 17.3. The monoisotopic (exact) mass is 495 g/mol. The van der Waals surface area contributed by atoms with Crippen molar-refractivity contribution >= 4 is 34.7 Å². The SMILES string of the molecule is CCOC(=O)COc1ccc2c(c1)/C(=N\NC(=S)Nc1ccc(C)c(C)c1)CC1(CCCCC1)O2. The molecule has 7 nitrogen and oxygen atoms in total. The molecule has 0 unspecified atom stereocenters. The predicted molar refractivity (Wildman–Crippen MR) is 141 cm³/mol. The van der Waals surface area contributed by atoms with Crippen LogP contribution in [0.25, 0.3) is 0 Å². The number of thiocarbonyl (C=S) groups is 1. The third kappa shape index (κ3) is 6.31. The highest BCUT2D eigenvalue weighted by atomic mass is 32.1. The van der Waals surface area contributed by atoms with E-state index in [0.717, 1.165) is 48.4 Å². The second-order valence-corrected chi connectivity index (χ2v) is 9.61. The molecule has 4 rings (SSSR count). The standard InChI is InChI=1S/C27H33N3O4S/c1-4-32-25(31)17-33-21-10-11-24-22(15-21)23(16-27(34-24)12-6-5-7-13-27)29-30-26(35)28-20-9-8-18(2)19(3)14-20/h8-11,14-15H,4-7,12-13,16-17H2,1-3H3,(H2,28,30,35)/b29-23-. The average molecular weight is 496 g/mol. The number of nitrogens with zero attached hydrogens (tertiary/aromatic N) is 1. The van der Waals surface area contributed by atoms with Crippen molar-refractivity contribution in [2.24, 2.45) is 5.10 Å². The number of hydrogen-bond acceptors (Lipinski definition) is 6. The third-order valence-corrected chi connectivity index (χ3v) is 6.76. The summed E-state index contributed by atoms with van der Waals surface area (Å²) < 4.78 is 17.1. The average Bonchev–Trinajstić information content (AvgIpc) is 2.84. The molecule has 2 aromatic rings. The quantitative estimate of drug-likeness (QED) is 0.315. The van der Waals surface area contributed by atoms with Gasteiger partial charge in [0, 0.05) is 17.7 Å². The van der Waals surface area contributed by atoms with E-state index in [1.54, 1.807) is 6.92 Å². The number of hydrogen-bond donors (Lipinski definition) is 2. The van der Waals surface area contributed by atoms with Crippen LogP contribution in [0.3, 0.4) is 0 Å². The van der Waals surface area contributed by atoms with E-state index in [0.29, 0.717) is 23.9 Å². The molecule has 2 aromatic carbocycles. The second-order valence-electron chi connectivity index (χ2n) is 9.20. The summed E-state index contributed by atoms with van der Waals surface area (Å²) in [5.74, 6) is 0.930. The maximum absolute atomic E-state index is 11.7. The highest BCUT2D eigenvalue weighted by Crippen LogP contribution is 2.43. The van der Waals surface area contributed by atoms with Crippen molar-refractivity contribution in [1.29, 1.82) is 0 Å². The van der Waals surface area contributed by atoms with Gasteiger partial charge >= 0.3 is 5.97 Å². The van der Waals surface area contributed by atoms with Gasteiger partial charge in [0.25, 0.3) is 0 Å². The Kier molecular flexibility index (Phi) is 7.90. The fraction of sp³-hybridized carbons (Fsp3) is 0.444. The Morgan fingerprint density at radius 1 is 1.11 bits per heavy atom. The zero-order valence-corrected chi connectivity index (χ0v) is 21.4. The van der Waals surface area contributed by atoms with Crippen LogP contribution in [0.1, 0.15) is 62.1 Å². The number of hydrazone groups is 1. The molecule has 0 radical (unpaired) electrons. The first-order valence-corrected chi connectivity index (χ1v) is 12.6. The molecule has 1 saturated carbocycles. The van der Waals surface area contributed by atoms with Crippen LogP contribution in [-0.4, -0.2) is 35.6 Å². The van der Waals surface area contributed by atoms with Crippen molar-refractivity contribution in [3.05, 3.63) is 53.1 Å². The van der Waals surface area contributed by atoms with Gasteiger partial charge in [-0.1, -0.05) is 12.5 Å². The Morgan fingerprint density at radius 2 is 1.91 bits per heavy atom. The van der Waals surface area contributed by atoms with Gasteiger partial charge in [0.1, 0.15) is 17.1 Å². The smallest absolute Gasteiger partial charge is 0.344 e. The summed E-state index contributed by atoms with van der Waals surface area (Å²) in [6, 6.07) is 11.7. The number of carbonyl (C=O) groups is 1. The molecule has 8 heteroatoms. The van der Waals surface area contributed by atoms with Gasteiger partial charge in [-0.2, -0.15) is 5.10 Å². The number of anilines is 1. The summed E-state index contributed by atoms with van der Waals surface area (Å²) in [7, 11) is 0. The molecule has 0 saturated heterocycles. The van der Waals surface area contributed by atoms with Crippen LogP contribution < -0.4 is 20.2 Å². The van der Waals surface area contributed by atoms with Crippen LogP contribution in [0.15, 0.2) is 41.5 Å². The molecule has 1 aliphatic heterocycles. The maximum Gasteiger partial charge on any atom is 0.344 e. The lowest BCUT2D eigenvalue weighted by molar-refractivity contribution is -0.145. The first kappa shape index (κ1) is 25.0. The summed E-state index contributed by atoms with van der Waals surface area (Å²) in [6.07, 6.45) is 6.19. The number of aryl methyl sites for hydroxylation is 2. The van der Waals surface area contributed by atoms with E-state index < -0.39 is 5.97 Å². The summed E-state index contributed by atoms with van der Waals surface area (Å²) in [5, 5.41) is 8.34. The largest absolute Gasteiger partial charge is 0.486 e. The van der Waals surface area contributed by atoms with Crippen LogP contribution in [0.4, 0.5) is 5.69 Å². The van der Waals surface area contributed by atoms with E-state index in [4.69, 9.17) is 31.5 Å². The Balaban J connectivity index is 1.54. The van der Waals surface area contributed by atoms with Gasteiger partial charge < -0.3 is 19.5 Å². The van der Waals surface area contributed by atoms with Gasteiger partial charge in [0.05, 0.1) is 12.3 Å². The predicted octanol–water partition coefficient (Wildman–Crippen LogP) is 5.42. The number of ether oxygens (including phenoxy) is 3. The molecular weight excluding hydrogens is 462 g/mol. The lowest BCUT2D eigenvalue weighted by atomic mass is 9.78. The zero-order chi connectivity index (χ0) is 24.8. The lowest BCUT2D eigenvalue weighted by Gasteiger charge is -2.41. The number of esters is 1. The van der Waals surface area contributed by atoms with Gasteiger partial charge in [-0.3, -0.25) is 5.43 Å². The number of benzene rings is 2. The van der Waals surface area contributed by atoms with Crippen molar-refractivity contribution < 1.29 is 19.0 Å². The van der Waals surface area contributed by atoms with Gasteiger partial charge in [-0.15, -0.1) is 0 Å². The number of nitrogens with one attached hydrogen (secondary N) is 2. The molecule has 186 valence electrons. The molecule has 0 amide bonds. The van der Waals surface area contributed by atoms with Crippen LogP contribution >= 0.6 is 12.2 Å². The van der Waals surface area contributed by atoms with Crippen molar-refractivity contribution in [2.75, 3.05) is 18.5 Å². The Morgan fingerprint density at radius 3 is 2.66 bits per heavy atom. The molecule has 2 aliphatic rings. The molecule has 0 atom stereocenters. The number of carbonyl (C=O) groups excluding carboxylic acids is 1. The van der Waals surface area contributed by atoms with Crippen LogP contribution in [-0.2, 0) is 9.53 Å². The Hall–Kier alpha value is -3.13. The number of rotatable bonds is 6. The summed E-state index contributed by atoms with van der Waals surface area (Å²) in [6.45, 7) is 6.09. The van der Waals surface area contributed by atoms with Crippen molar-refractivity contribution in [3.8, 4) is 11.5 Å². The van der Waals surface area contributed by atoms with E-state index in [1.165, 1.54) is 17.5 Å². The van der Waals surface area contributed by atoms with E-state index >= 15 is 0 Å². The molecule has 0 aromatic heterocycles. The molecule has 1 fully saturated rings. The zero-order valence-electron chi connectivity index (χ0n) is 20.6. The van der Waals surface area contributed by atoms with Gasteiger partial charge in [-0.05, 0) is 100 Å². The van der Waals surface area contributed by atoms with Crippen LogP contribution in [0.5, 0.6) is 11.5 Å². The van der Waals surface area contributed by atoms with Crippen molar-refractivity contribution in [3.63, 3.8) is 0 Å². The first-order valence-electron chi connectivity index (χ1n) is 12.2. The third-order valence-electron chi connectivity index (χ3n) is 6.56. The topological polar surface area (TPSA) is 81.2 Å². The molecule has 35 heavy (non-hydrogen) atoms. The minimum atomic E-state index is -0.402. The summed E-state index contributed by atoms with van der Waals surface area (Å²) in [4.78, 5) is 11.7. The minimum absolute atomic E-state index is 0.147. The van der Waals surface area contributed by atoms with E-state index in [1.807, 2.05) is 24.3 Å². The molecule has 1 aliphatic carbocycles. The van der Waals surface area contributed by atoms with Crippen LogP contribution in [0.2, 0.25) is 0 Å². The lowest BCUT2D eigenvalue weighted by Crippen LogP contribution is -2.44. The highest BCUT2D eigenvalue weighted by molar-refractivity contribution is 7.80. The fourth-order valence-electron chi connectivity index (χ4n) is 4.60. The van der Waals surface area contributed by atoms with E-state index in [9.17, 15) is 4.79 Å². The fourth-order valence-corrected chi connectivity index (χ4v) is 4.76. The summed E-state index contributed by atoms with van der Waals surface area (Å²) >= 11 is 5.51. The Bertz CT molecular complexity index is 1130. The van der Waals surface area contributed by atoms with E-state index in [2.05, 4.69) is 36.7 Å². The van der Waals surface area contributed by atoms with Crippen molar-refractivity contribution in [2.45, 2.75) is 64.9 Å². The minimum Gasteiger partial charge on any atom is -0.486 e. The van der Waals surface area contributed by atoms with Gasteiger partial charge in [-0.25, -0.2) is 4.79 Å². The maximum atomic E-state index is 11.7. The molecule has 0 bridgehead atoms. The molecule has 2 N–H and O–H groups in total.